The average molecular weight is 283 g/mol. The monoisotopic (exact) mass is 282 g/mol. The van der Waals surface area contributed by atoms with Gasteiger partial charge in [0.1, 0.15) is 0 Å². The van der Waals surface area contributed by atoms with Crippen molar-refractivity contribution in [1.82, 2.24) is 0 Å². The molecular formula is C20H42. The molecule has 0 aromatic rings. The first kappa shape index (κ1) is 20.0. The Morgan fingerprint density at radius 2 is 1.00 bits per heavy atom. The molecule has 20 heavy (non-hydrogen) atoms. The van der Waals surface area contributed by atoms with Gasteiger partial charge in [0.2, 0.25) is 0 Å². The highest BCUT2D eigenvalue weighted by molar-refractivity contribution is 4.66. The third kappa shape index (κ3) is 14.4. The van der Waals surface area contributed by atoms with Gasteiger partial charge in [-0.2, -0.15) is 0 Å². The number of hydrogen-bond donors (Lipinski definition) is 0. The van der Waals surface area contributed by atoms with Gasteiger partial charge >= 0.3 is 0 Å². The summed E-state index contributed by atoms with van der Waals surface area (Å²) in [4.78, 5) is 0. The van der Waals surface area contributed by atoms with Crippen LogP contribution < -0.4 is 0 Å². The zero-order valence-corrected chi connectivity index (χ0v) is 15.6. The molecule has 0 atom stereocenters. The Balaban J connectivity index is 3.76. The third-order valence-corrected chi connectivity index (χ3v) is 4.28. The van der Waals surface area contributed by atoms with E-state index in [9.17, 15) is 0 Å². The minimum Gasteiger partial charge on any atom is -0.0654 e. The van der Waals surface area contributed by atoms with Crippen LogP contribution in [-0.4, -0.2) is 0 Å². The van der Waals surface area contributed by atoms with E-state index < -0.39 is 0 Å². The third-order valence-electron chi connectivity index (χ3n) is 4.28. The van der Waals surface area contributed by atoms with E-state index in [2.05, 4.69) is 48.5 Å². The second-order valence-electron chi connectivity index (χ2n) is 9.27. The van der Waals surface area contributed by atoms with Crippen molar-refractivity contribution in [2.75, 3.05) is 0 Å². The topological polar surface area (TPSA) is 0 Å². The molecule has 0 fully saturated rings. The maximum Gasteiger partial charge on any atom is -0.0383 e. The van der Waals surface area contributed by atoms with Crippen LogP contribution in [0, 0.1) is 16.7 Å². The Kier molecular flexibility index (Phi) is 9.85. The van der Waals surface area contributed by atoms with Gasteiger partial charge in [0.05, 0.1) is 0 Å². The van der Waals surface area contributed by atoms with Crippen LogP contribution >= 0.6 is 0 Å². The molecule has 0 N–H and O–H groups in total. The van der Waals surface area contributed by atoms with Crippen molar-refractivity contribution in [1.29, 1.82) is 0 Å². The second-order valence-corrected chi connectivity index (χ2v) is 9.27. The highest BCUT2D eigenvalue weighted by Gasteiger charge is 2.13. The van der Waals surface area contributed by atoms with Gasteiger partial charge in [-0.15, -0.1) is 0 Å². The lowest BCUT2D eigenvalue weighted by Crippen LogP contribution is -2.07. The average Bonchev–Trinajstić information content (AvgIpc) is 2.27. The second kappa shape index (κ2) is 9.85. The van der Waals surface area contributed by atoms with Crippen molar-refractivity contribution in [2.45, 2.75) is 113 Å². The molecule has 0 aliphatic carbocycles. The van der Waals surface area contributed by atoms with Crippen LogP contribution in [-0.2, 0) is 0 Å². The van der Waals surface area contributed by atoms with Crippen molar-refractivity contribution in [2.24, 2.45) is 16.7 Å². The van der Waals surface area contributed by atoms with Crippen molar-refractivity contribution in [3.05, 3.63) is 0 Å². The Labute approximate surface area is 130 Å². The van der Waals surface area contributed by atoms with Gasteiger partial charge in [-0.1, -0.05) is 99.8 Å². The van der Waals surface area contributed by atoms with Crippen LogP contribution in [0.15, 0.2) is 0 Å². The summed E-state index contributed by atoms with van der Waals surface area (Å²) in [6.45, 7) is 16.5. The molecule has 122 valence electrons. The molecule has 0 rings (SSSR count). The molecule has 0 heteroatoms. The molecule has 0 saturated heterocycles. The summed E-state index contributed by atoms with van der Waals surface area (Å²) in [7, 11) is 0. The van der Waals surface area contributed by atoms with Crippen molar-refractivity contribution in [3.8, 4) is 0 Å². The van der Waals surface area contributed by atoms with E-state index in [1.807, 2.05) is 0 Å². The van der Waals surface area contributed by atoms with Gasteiger partial charge in [0.25, 0.3) is 0 Å². The number of unbranched alkanes of at least 4 members (excludes halogenated alkanes) is 2. The Hall–Kier alpha value is 0. The molecule has 0 radical (unpaired) electrons. The quantitative estimate of drug-likeness (QED) is 0.361. The zero-order chi connectivity index (χ0) is 15.6. The molecule has 0 bridgehead atoms. The van der Waals surface area contributed by atoms with Crippen LogP contribution in [0.25, 0.3) is 0 Å². The van der Waals surface area contributed by atoms with Crippen LogP contribution in [0.1, 0.15) is 113 Å². The minimum absolute atomic E-state index is 0.521. The molecule has 0 aliphatic heterocycles. The molecule has 0 aromatic carbocycles. The molecule has 0 aliphatic rings. The molecule has 0 amide bonds. The first-order chi connectivity index (χ1) is 9.14. The lowest BCUT2D eigenvalue weighted by molar-refractivity contribution is 0.319. The summed E-state index contributed by atoms with van der Waals surface area (Å²) in [5.41, 5.74) is 1.04. The van der Waals surface area contributed by atoms with Gasteiger partial charge in [0, 0.05) is 0 Å². The molecule has 0 saturated carbocycles. The van der Waals surface area contributed by atoms with E-state index in [0.29, 0.717) is 10.8 Å². The van der Waals surface area contributed by atoms with Gasteiger partial charge in [0.15, 0.2) is 0 Å². The van der Waals surface area contributed by atoms with Crippen molar-refractivity contribution < 1.29 is 0 Å². The number of hydrogen-bond acceptors (Lipinski definition) is 0. The van der Waals surface area contributed by atoms with Gasteiger partial charge in [-0.3, -0.25) is 0 Å². The summed E-state index contributed by atoms with van der Waals surface area (Å²) in [5, 5.41) is 0. The van der Waals surface area contributed by atoms with Crippen LogP contribution in [0.5, 0.6) is 0 Å². The summed E-state index contributed by atoms with van der Waals surface area (Å²) in [6.07, 6.45) is 14.3. The Bertz CT molecular complexity index is 191. The van der Waals surface area contributed by atoms with Gasteiger partial charge in [-0.05, 0) is 29.6 Å². The van der Waals surface area contributed by atoms with Crippen LogP contribution in [0.2, 0.25) is 0 Å². The molecule has 0 unspecified atom stereocenters. The van der Waals surface area contributed by atoms with E-state index in [0.717, 1.165) is 5.92 Å². The van der Waals surface area contributed by atoms with E-state index in [1.165, 1.54) is 64.2 Å². The zero-order valence-electron chi connectivity index (χ0n) is 15.6. The molecule has 0 spiro atoms. The van der Waals surface area contributed by atoms with Crippen LogP contribution in [0.3, 0.4) is 0 Å². The summed E-state index contributed by atoms with van der Waals surface area (Å²) in [5.74, 6) is 1.000. The van der Waals surface area contributed by atoms with E-state index >= 15 is 0 Å². The van der Waals surface area contributed by atoms with Gasteiger partial charge < -0.3 is 0 Å². The predicted octanol–water partition coefficient (Wildman–Crippen LogP) is 7.62. The first-order valence-corrected chi connectivity index (χ1v) is 9.14. The summed E-state index contributed by atoms with van der Waals surface area (Å²) in [6, 6.07) is 0. The maximum atomic E-state index is 2.36. The maximum absolute atomic E-state index is 2.36. The molecular weight excluding hydrogens is 240 g/mol. The smallest absolute Gasteiger partial charge is 0.0383 e. The van der Waals surface area contributed by atoms with E-state index in [4.69, 9.17) is 0 Å². The lowest BCUT2D eigenvalue weighted by Gasteiger charge is -2.21. The molecule has 0 heterocycles. The largest absolute Gasteiger partial charge is 0.0654 e. The summed E-state index contributed by atoms with van der Waals surface area (Å²) < 4.78 is 0. The van der Waals surface area contributed by atoms with Crippen molar-refractivity contribution in [3.63, 3.8) is 0 Å². The fourth-order valence-corrected chi connectivity index (χ4v) is 3.02. The van der Waals surface area contributed by atoms with E-state index in [-0.39, 0.29) is 0 Å². The predicted molar refractivity (Wildman–Crippen MR) is 94.2 cm³/mol. The van der Waals surface area contributed by atoms with Crippen molar-refractivity contribution >= 4 is 0 Å². The molecule has 0 aromatic heterocycles. The normalized spacial score (nSPS) is 13.2. The lowest BCUT2D eigenvalue weighted by atomic mass is 9.85. The fourth-order valence-electron chi connectivity index (χ4n) is 3.02. The Morgan fingerprint density at radius 3 is 1.30 bits per heavy atom. The number of rotatable bonds is 10. The van der Waals surface area contributed by atoms with Gasteiger partial charge in [-0.25, -0.2) is 0 Å². The van der Waals surface area contributed by atoms with E-state index in [1.54, 1.807) is 0 Å². The Morgan fingerprint density at radius 1 is 0.600 bits per heavy atom. The highest BCUT2D eigenvalue weighted by atomic mass is 14.2. The fraction of sp³-hybridized carbons (Fsp3) is 1.00. The minimum atomic E-state index is 0.521. The molecule has 0 nitrogen and oxygen atoms in total. The van der Waals surface area contributed by atoms with Crippen LogP contribution in [0.4, 0.5) is 0 Å². The summed E-state index contributed by atoms with van der Waals surface area (Å²) >= 11 is 0. The SMILES string of the molecule is CCCC(CCCCC(C)(C)C)CCCCC(C)(C)C. The standard InChI is InChI=1S/C20H42/c1-8-13-18(14-9-11-16-19(2,3)4)15-10-12-17-20(5,6)7/h18H,8-17H2,1-7H3. The highest BCUT2D eigenvalue weighted by Crippen LogP contribution is 2.28. The first-order valence-electron chi connectivity index (χ1n) is 9.14.